The third-order valence-corrected chi connectivity index (χ3v) is 4.55. The molecule has 1 heterocycles. The van der Waals surface area contributed by atoms with Crippen molar-refractivity contribution in [2.24, 2.45) is 7.05 Å². The Balaban J connectivity index is 2.62. The average molecular weight is 254 g/mol. The number of aryl methyl sites for hydroxylation is 2. The van der Waals surface area contributed by atoms with Gasteiger partial charge >= 0.3 is 0 Å². The van der Waals surface area contributed by atoms with Crippen molar-refractivity contribution < 1.29 is 0 Å². The summed E-state index contributed by atoms with van der Waals surface area (Å²) in [6.45, 7) is 9.05. The molecule has 0 radical (unpaired) electrons. The van der Waals surface area contributed by atoms with Gasteiger partial charge in [0.1, 0.15) is 0 Å². The quantitative estimate of drug-likeness (QED) is 0.689. The van der Waals surface area contributed by atoms with Crippen LogP contribution in [0.25, 0.3) is 0 Å². The van der Waals surface area contributed by atoms with Gasteiger partial charge < -0.3 is 0 Å². The number of aromatic nitrogens is 2. The van der Waals surface area contributed by atoms with Crippen LogP contribution in [0.5, 0.6) is 0 Å². The van der Waals surface area contributed by atoms with Crippen molar-refractivity contribution in [3.63, 3.8) is 0 Å². The van der Waals surface area contributed by atoms with Gasteiger partial charge in [0.15, 0.2) is 0 Å². The van der Waals surface area contributed by atoms with E-state index in [9.17, 15) is 0 Å². The Bertz CT molecular complexity index is 342. The summed E-state index contributed by atoms with van der Waals surface area (Å²) in [4.78, 5) is 0. The van der Waals surface area contributed by atoms with Crippen LogP contribution >= 0.6 is 11.8 Å². The Hall–Kier alpha value is -0.440. The molecule has 0 aliphatic carbocycles. The van der Waals surface area contributed by atoms with Crippen molar-refractivity contribution in [2.45, 2.75) is 52.4 Å². The lowest BCUT2D eigenvalue weighted by Crippen LogP contribution is -2.19. The molecular formula is C14H26N2S. The van der Waals surface area contributed by atoms with Crippen molar-refractivity contribution >= 4 is 11.8 Å². The highest BCUT2D eigenvalue weighted by Gasteiger charge is 2.22. The SMILES string of the molecule is CCCSCCc1cc(C(C)(C)CC)n(C)n1. The highest BCUT2D eigenvalue weighted by molar-refractivity contribution is 7.99. The lowest BCUT2D eigenvalue weighted by atomic mass is 9.86. The number of thioether (sulfide) groups is 1. The minimum atomic E-state index is 0.233. The molecule has 0 aromatic carbocycles. The van der Waals surface area contributed by atoms with E-state index in [-0.39, 0.29) is 5.41 Å². The first-order valence-electron chi connectivity index (χ1n) is 6.62. The first kappa shape index (κ1) is 14.6. The van der Waals surface area contributed by atoms with Gasteiger partial charge in [-0.3, -0.25) is 4.68 Å². The molecule has 1 rings (SSSR count). The highest BCUT2D eigenvalue weighted by atomic mass is 32.2. The van der Waals surface area contributed by atoms with Crippen LogP contribution in [0.3, 0.4) is 0 Å². The Morgan fingerprint density at radius 2 is 2.00 bits per heavy atom. The maximum Gasteiger partial charge on any atom is 0.0635 e. The maximum absolute atomic E-state index is 4.63. The second-order valence-electron chi connectivity index (χ2n) is 5.24. The zero-order valence-corrected chi connectivity index (χ0v) is 12.7. The molecule has 0 N–H and O–H groups in total. The van der Waals surface area contributed by atoms with Crippen LogP contribution in [-0.4, -0.2) is 21.3 Å². The van der Waals surface area contributed by atoms with Crippen molar-refractivity contribution in [1.82, 2.24) is 9.78 Å². The molecule has 0 spiro atoms. The average Bonchev–Trinajstić information content (AvgIpc) is 2.67. The zero-order valence-electron chi connectivity index (χ0n) is 11.9. The topological polar surface area (TPSA) is 17.8 Å². The van der Waals surface area contributed by atoms with Crippen molar-refractivity contribution in [2.75, 3.05) is 11.5 Å². The summed E-state index contributed by atoms with van der Waals surface area (Å²) in [5.74, 6) is 2.46. The van der Waals surface area contributed by atoms with E-state index in [4.69, 9.17) is 0 Å². The predicted octanol–water partition coefficient (Wildman–Crippen LogP) is 3.79. The third-order valence-electron chi connectivity index (χ3n) is 3.36. The van der Waals surface area contributed by atoms with Gasteiger partial charge in [0.05, 0.1) is 5.69 Å². The van der Waals surface area contributed by atoms with Gasteiger partial charge in [-0.05, 0) is 30.4 Å². The Morgan fingerprint density at radius 1 is 1.29 bits per heavy atom. The molecule has 17 heavy (non-hydrogen) atoms. The summed E-state index contributed by atoms with van der Waals surface area (Å²) in [5.41, 5.74) is 2.83. The second kappa shape index (κ2) is 6.48. The van der Waals surface area contributed by atoms with Crippen LogP contribution in [0.4, 0.5) is 0 Å². The molecule has 0 saturated heterocycles. The maximum atomic E-state index is 4.63. The number of hydrogen-bond acceptors (Lipinski definition) is 2. The van der Waals surface area contributed by atoms with E-state index in [0.29, 0.717) is 0 Å². The molecule has 2 nitrogen and oxygen atoms in total. The molecule has 0 atom stereocenters. The van der Waals surface area contributed by atoms with E-state index in [1.807, 2.05) is 11.8 Å². The minimum absolute atomic E-state index is 0.233. The highest BCUT2D eigenvalue weighted by Crippen LogP contribution is 2.27. The fourth-order valence-electron chi connectivity index (χ4n) is 1.89. The van der Waals surface area contributed by atoms with Gasteiger partial charge in [-0.15, -0.1) is 0 Å². The van der Waals surface area contributed by atoms with Gasteiger partial charge in [0.25, 0.3) is 0 Å². The fourth-order valence-corrected chi connectivity index (χ4v) is 2.73. The predicted molar refractivity (Wildman–Crippen MR) is 77.8 cm³/mol. The summed E-state index contributed by atoms with van der Waals surface area (Å²) in [6, 6.07) is 2.29. The third kappa shape index (κ3) is 4.06. The van der Waals surface area contributed by atoms with Crippen LogP contribution in [0.2, 0.25) is 0 Å². The van der Waals surface area contributed by atoms with E-state index < -0.39 is 0 Å². The minimum Gasteiger partial charge on any atom is -0.272 e. The second-order valence-corrected chi connectivity index (χ2v) is 6.47. The van der Waals surface area contributed by atoms with E-state index in [0.717, 1.165) is 12.8 Å². The number of nitrogens with zero attached hydrogens (tertiary/aromatic N) is 2. The summed E-state index contributed by atoms with van der Waals surface area (Å²) in [6.07, 6.45) is 3.51. The first-order valence-corrected chi connectivity index (χ1v) is 7.78. The van der Waals surface area contributed by atoms with E-state index in [1.54, 1.807) is 0 Å². The standard InChI is InChI=1S/C14H26N2S/c1-6-9-17-10-8-12-11-13(16(5)15-12)14(3,4)7-2/h11H,6-10H2,1-5H3. The molecule has 1 aromatic rings. The molecule has 0 unspecified atom stereocenters. The van der Waals surface area contributed by atoms with Gasteiger partial charge in [0.2, 0.25) is 0 Å². The molecule has 0 saturated carbocycles. The van der Waals surface area contributed by atoms with Crippen LogP contribution in [-0.2, 0) is 18.9 Å². The summed E-state index contributed by atoms with van der Waals surface area (Å²) in [7, 11) is 2.06. The van der Waals surface area contributed by atoms with Gasteiger partial charge in [-0.25, -0.2) is 0 Å². The summed E-state index contributed by atoms with van der Waals surface area (Å²) < 4.78 is 2.06. The lowest BCUT2D eigenvalue weighted by molar-refractivity contribution is 0.461. The van der Waals surface area contributed by atoms with Gasteiger partial charge in [-0.2, -0.15) is 16.9 Å². The molecule has 0 bridgehead atoms. The van der Waals surface area contributed by atoms with Crippen LogP contribution in [0, 0.1) is 0 Å². The zero-order chi connectivity index (χ0) is 12.9. The van der Waals surface area contributed by atoms with Crippen LogP contribution in [0.15, 0.2) is 6.07 Å². The number of hydrogen-bond donors (Lipinski definition) is 0. The van der Waals surface area contributed by atoms with Crippen LogP contribution in [0.1, 0.15) is 51.9 Å². The Kier molecular flexibility index (Phi) is 5.57. The van der Waals surface area contributed by atoms with Crippen molar-refractivity contribution in [1.29, 1.82) is 0 Å². The smallest absolute Gasteiger partial charge is 0.0635 e. The summed E-state index contributed by atoms with van der Waals surface area (Å²) >= 11 is 2.03. The molecule has 0 fully saturated rings. The monoisotopic (exact) mass is 254 g/mol. The molecular weight excluding hydrogens is 228 g/mol. The Labute approximate surface area is 110 Å². The molecule has 1 aromatic heterocycles. The number of rotatable bonds is 7. The van der Waals surface area contributed by atoms with E-state index in [1.165, 1.54) is 29.3 Å². The van der Waals surface area contributed by atoms with Crippen molar-refractivity contribution in [3.05, 3.63) is 17.5 Å². The fraction of sp³-hybridized carbons (Fsp3) is 0.786. The molecule has 98 valence electrons. The lowest BCUT2D eigenvalue weighted by Gasteiger charge is -2.22. The summed E-state index contributed by atoms with van der Waals surface area (Å²) in [5, 5.41) is 4.63. The van der Waals surface area contributed by atoms with Gasteiger partial charge in [-0.1, -0.05) is 27.7 Å². The first-order chi connectivity index (χ1) is 8.01. The van der Waals surface area contributed by atoms with Crippen LogP contribution < -0.4 is 0 Å². The Morgan fingerprint density at radius 3 is 2.59 bits per heavy atom. The largest absolute Gasteiger partial charge is 0.272 e. The van der Waals surface area contributed by atoms with E-state index >= 15 is 0 Å². The molecule has 3 heteroatoms. The molecule has 0 aliphatic heterocycles. The molecule has 0 amide bonds. The van der Waals surface area contributed by atoms with E-state index in [2.05, 4.69) is 50.6 Å². The van der Waals surface area contributed by atoms with Crippen molar-refractivity contribution in [3.8, 4) is 0 Å². The molecule has 0 aliphatic rings. The normalized spacial score (nSPS) is 12.1. The van der Waals surface area contributed by atoms with Gasteiger partial charge in [0, 0.05) is 24.6 Å².